The van der Waals surface area contributed by atoms with Crippen LogP contribution < -0.4 is 0 Å². The zero-order valence-corrected chi connectivity index (χ0v) is 9.32. The second kappa shape index (κ2) is 5.26. The number of thioether (sulfide) groups is 1. The highest BCUT2D eigenvalue weighted by molar-refractivity contribution is 7.99. The number of nitrogens with zero attached hydrogens (tertiary/aromatic N) is 1. The molecule has 2 fully saturated rings. The Morgan fingerprint density at radius 2 is 1.77 bits per heavy atom. The SMILES string of the molecule is C1CCC(CCN2CCSCC2)C1. The smallest absolute Gasteiger partial charge is 0.00727 e. The molecule has 1 aliphatic carbocycles. The van der Waals surface area contributed by atoms with Crippen molar-refractivity contribution in [1.82, 2.24) is 4.90 Å². The molecule has 1 aliphatic heterocycles. The highest BCUT2D eigenvalue weighted by atomic mass is 32.2. The first-order valence-corrected chi connectivity index (χ1v) is 6.91. The van der Waals surface area contributed by atoms with E-state index in [1.165, 1.54) is 63.2 Å². The van der Waals surface area contributed by atoms with E-state index < -0.39 is 0 Å². The maximum Gasteiger partial charge on any atom is 0.00727 e. The molecule has 1 nitrogen and oxygen atoms in total. The molecule has 0 spiro atoms. The molecule has 0 atom stereocenters. The average molecular weight is 199 g/mol. The molecule has 0 aromatic heterocycles. The van der Waals surface area contributed by atoms with Crippen molar-refractivity contribution < 1.29 is 0 Å². The second-order valence-electron chi connectivity index (χ2n) is 4.39. The van der Waals surface area contributed by atoms with E-state index in [1.807, 2.05) is 0 Å². The van der Waals surface area contributed by atoms with Crippen LogP contribution in [0.25, 0.3) is 0 Å². The molecular weight excluding hydrogens is 178 g/mol. The molecule has 0 amide bonds. The normalized spacial score (nSPS) is 26.8. The lowest BCUT2D eigenvalue weighted by molar-refractivity contribution is 0.275. The third kappa shape index (κ3) is 3.17. The van der Waals surface area contributed by atoms with Gasteiger partial charge in [-0.2, -0.15) is 11.8 Å². The summed E-state index contributed by atoms with van der Waals surface area (Å²) in [4.78, 5) is 2.66. The fourth-order valence-corrected chi connectivity index (χ4v) is 3.47. The zero-order chi connectivity index (χ0) is 8.93. The van der Waals surface area contributed by atoms with Gasteiger partial charge < -0.3 is 4.90 Å². The van der Waals surface area contributed by atoms with Gasteiger partial charge in [0.2, 0.25) is 0 Å². The summed E-state index contributed by atoms with van der Waals surface area (Å²) in [6.45, 7) is 4.07. The Hall–Kier alpha value is 0.310. The predicted octanol–water partition coefficient (Wildman–Crippen LogP) is 2.62. The molecule has 1 saturated heterocycles. The highest BCUT2D eigenvalue weighted by Crippen LogP contribution is 2.27. The van der Waals surface area contributed by atoms with Gasteiger partial charge in [-0.3, -0.25) is 0 Å². The quantitative estimate of drug-likeness (QED) is 0.687. The van der Waals surface area contributed by atoms with Crippen LogP contribution in [-0.2, 0) is 0 Å². The average Bonchev–Trinajstić information content (AvgIpc) is 2.69. The molecule has 2 rings (SSSR count). The van der Waals surface area contributed by atoms with Gasteiger partial charge in [0.25, 0.3) is 0 Å². The van der Waals surface area contributed by atoms with Crippen molar-refractivity contribution in [3.63, 3.8) is 0 Å². The predicted molar refractivity (Wildman–Crippen MR) is 60.3 cm³/mol. The molecule has 0 radical (unpaired) electrons. The summed E-state index contributed by atoms with van der Waals surface area (Å²) in [7, 11) is 0. The lowest BCUT2D eigenvalue weighted by Crippen LogP contribution is -2.33. The van der Waals surface area contributed by atoms with Crippen LogP contribution in [0.3, 0.4) is 0 Å². The Kier molecular flexibility index (Phi) is 3.98. The minimum absolute atomic E-state index is 1.08. The molecule has 2 aliphatic rings. The molecule has 0 bridgehead atoms. The first kappa shape index (κ1) is 9.85. The van der Waals surface area contributed by atoms with Gasteiger partial charge in [-0.15, -0.1) is 0 Å². The summed E-state index contributed by atoms with van der Waals surface area (Å²) in [5, 5.41) is 0. The number of hydrogen-bond acceptors (Lipinski definition) is 2. The van der Waals surface area contributed by atoms with Gasteiger partial charge in [-0.25, -0.2) is 0 Å². The van der Waals surface area contributed by atoms with Crippen molar-refractivity contribution in [1.29, 1.82) is 0 Å². The summed E-state index contributed by atoms with van der Waals surface area (Å²) in [5.74, 6) is 3.81. The van der Waals surface area contributed by atoms with Crippen LogP contribution in [0.4, 0.5) is 0 Å². The summed E-state index contributed by atoms with van der Waals surface area (Å²) >= 11 is 2.12. The van der Waals surface area contributed by atoms with Gasteiger partial charge >= 0.3 is 0 Å². The van der Waals surface area contributed by atoms with Gasteiger partial charge in [-0.1, -0.05) is 25.7 Å². The first-order valence-electron chi connectivity index (χ1n) is 5.75. The van der Waals surface area contributed by atoms with Crippen LogP contribution in [0.5, 0.6) is 0 Å². The summed E-state index contributed by atoms with van der Waals surface area (Å²) in [6, 6.07) is 0. The number of hydrogen-bond donors (Lipinski definition) is 0. The lowest BCUT2D eigenvalue weighted by Gasteiger charge is -2.27. The van der Waals surface area contributed by atoms with Crippen LogP contribution >= 0.6 is 11.8 Å². The van der Waals surface area contributed by atoms with Crippen molar-refractivity contribution in [2.45, 2.75) is 32.1 Å². The fourth-order valence-electron chi connectivity index (χ4n) is 2.49. The topological polar surface area (TPSA) is 3.24 Å². The van der Waals surface area contributed by atoms with Crippen LogP contribution in [0, 0.1) is 5.92 Å². The molecule has 1 saturated carbocycles. The fraction of sp³-hybridized carbons (Fsp3) is 1.00. The van der Waals surface area contributed by atoms with Gasteiger partial charge in [0.1, 0.15) is 0 Å². The Morgan fingerprint density at radius 3 is 2.46 bits per heavy atom. The van der Waals surface area contributed by atoms with E-state index in [0.29, 0.717) is 0 Å². The number of rotatable bonds is 3. The summed E-state index contributed by atoms with van der Waals surface area (Å²) in [6.07, 6.45) is 7.51. The molecular formula is C11H21NS. The maximum absolute atomic E-state index is 2.66. The Labute approximate surface area is 86.3 Å². The minimum Gasteiger partial charge on any atom is -0.302 e. The summed E-state index contributed by atoms with van der Waals surface area (Å²) in [5.41, 5.74) is 0. The molecule has 76 valence electrons. The Balaban J connectivity index is 1.60. The molecule has 0 N–H and O–H groups in total. The lowest BCUT2D eigenvalue weighted by atomic mass is 10.0. The van der Waals surface area contributed by atoms with Crippen molar-refractivity contribution in [2.24, 2.45) is 5.92 Å². The maximum atomic E-state index is 2.66. The van der Waals surface area contributed by atoms with Gasteiger partial charge in [0.05, 0.1) is 0 Å². The molecule has 2 heteroatoms. The van der Waals surface area contributed by atoms with Crippen molar-refractivity contribution >= 4 is 11.8 Å². The van der Waals surface area contributed by atoms with E-state index in [1.54, 1.807) is 0 Å². The minimum atomic E-state index is 1.08. The van der Waals surface area contributed by atoms with E-state index >= 15 is 0 Å². The largest absolute Gasteiger partial charge is 0.302 e. The van der Waals surface area contributed by atoms with Crippen molar-refractivity contribution in [3.05, 3.63) is 0 Å². The zero-order valence-electron chi connectivity index (χ0n) is 8.50. The summed E-state index contributed by atoms with van der Waals surface area (Å²) < 4.78 is 0. The van der Waals surface area contributed by atoms with Crippen LogP contribution in [0.15, 0.2) is 0 Å². The first-order chi connectivity index (χ1) is 6.45. The highest BCUT2D eigenvalue weighted by Gasteiger charge is 2.17. The van der Waals surface area contributed by atoms with Gasteiger partial charge in [-0.05, 0) is 18.9 Å². The molecule has 0 unspecified atom stereocenters. The molecule has 0 aromatic rings. The Bertz CT molecular complexity index is 137. The van der Waals surface area contributed by atoms with Crippen LogP contribution in [-0.4, -0.2) is 36.0 Å². The van der Waals surface area contributed by atoms with Gasteiger partial charge in [0.15, 0.2) is 0 Å². The molecule has 1 heterocycles. The van der Waals surface area contributed by atoms with Crippen molar-refractivity contribution in [3.8, 4) is 0 Å². The van der Waals surface area contributed by atoms with E-state index in [0.717, 1.165) is 5.92 Å². The monoisotopic (exact) mass is 199 g/mol. The third-order valence-corrected chi connectivity index (χ3v) is 4.37. The van der Waals surface area contributed by atoms with Crippen molar-refractivity contribution in [2.75, 3.05) is 31.1 Å². The van der Waals surface area contributed by atoms with Crippen LogP contribution in [0.2, 0.25) is 0 Å². The molecule has 13 heavy (non-hydrogen) atoms. The van der Waals surface area contributed by atoms with E-state index in [4.69, 9.17) is 0 Å². The van der Waals surface area contributed by atoms with Gasteiger partial charge in [0, 0.05) is 24.6 Å². The Morgan fingerprint density at radius 1 is 1.08 bits per heavy atom. The van der Waals surface area contributed by atoms with E-state index in [9.17, 15) is 0 Å². The second-order valence-corrected chi connectivity index (χ2v) is 5.62. The van der Waals surface area contributed by atoms with E-state index in [-0.39, 0.29) is 0 Å². The molecule has 0 aromatic carbocycles. The standard InChI is InChI=1S/C11H21NS/c1-2-4-11(3-1)5-6-12-7-9-13-10-8-12/h11H,1-10H2. The van der Waals surface area contributed by atoms with E-state index in [2.05, 4.69) is 16.7 Å². The van der Waals surface area contributed by atoms with Crippen LogP contribution in [0.1, 0.15) is 32.1 Å². The third-order valence-electron chi connectivity index (χ3n) is 3.43.